The second kappa shape index (κ2) is 7.29. The van der Waals surface area contributed by atoms with E-state index in [1.54, 1.807) is 0 Å². The Morgan fingerprint density at radius 1 is 1.45 bits per heavy atom. The number of fused-ring (bicyclic) bond motifs is 1. The van der Waals surface area contributed by atoms with Crippen LogP contribution in [0.15, 0.2) is 24.3 Å². The number of carbonyl (C=O) groups excluding carboxylic acids is 1. The molecular formula is C16H23NO3. The molecule has 0 saturated heterocycles. The van der Waals surface area contributed by atoms with Gasteiger partial charge in [0, 0.05) is 18.7 Å². The number of hydrogen-bond acceptors (Lipinski definition) is 3. The lowest BCUT2D eigenvalue weighted by molar-refractivity contribution is -0.123. The van der Waals surface area contributed by atoms with Crippen molar-refractivity contribution in [1.29, 1.82) is 0 Å². The second-order valence-corrected chi connectivity index (χ2v) is 5.31. The zero-order valence-electron chi connectivity index (χ0n) is 12.0. The van der Waals surface area contributed by atoms with Crippen LogP contribution in [0.5, 0.6) is 5.75 Å². The van der Waals surface area contributed by atoms with Crippen molar-refractivity contribution in [3.8, 4) is 5.75 Å². The number of amides is 1. The number of aliphatic hydroxyl groups excluding tert-OH is 1. The number of rotatable bonds is 7. The first kappa shape index (κ1) is 14.9. The summed E-state index contributed by atoms with van der Waals surface area (Å²) >= 11 is 0. The largest absolute Gasteiger partial charge is 0.492 e. The van der Waals surface area contributed by atoms with Gasteiger partial charge in [-0.1, -0.05) is 31.5 Å². The summed E-state index contributed by atoms with van der Waals surface area (Å²) in [5, 5.41) is 12.0. The van der Waals surface area contributed by atoms with E-state index < -0.39 is 0 Å². The summed E-state index contributed by atoms with van der Waals surface area (Å²) in [5.41, 5.74) is 0.971. The Morgan fingerprint density at radius 3 is 3.00 bits per heavy atom. The fraction of sp³-hybridized carbons (Fsp3) is 0.562. The van der Waals surface area contributed by atoms with E-state index in [1.807, 2.05) is 24.3 Å². The zero-order chi connectivity index (χ0) is 14.4. The Kier molecular flexibility index (Phi) is 5.41. The van der Waals surface area contributed by atoms with Crippen LogP contribution in [-0.4, -0.2) is 30.8 Å². The van der Waals surface area contributed by atoms with Crippen LogP contribution in [-0.2, 0) is 4.79 Å². The van der Waals surface area contributed by atoms with E-state index in [0.29, 0.717) is 19.1 Å². The first-order chi connectivity index (χ1) is 9.76. The SMILES string of the molecule is CCCC(CCO)CNC(=O)C1COc2ccccc21. The first-order valence-corrected chi connectivity index (χ1v) is 7.36. The maximum atomic E-state index is 12.3. The van der Waals surface area contributed by atoms with Crippen molar-refractivity contribution < 1.29 is 14.6 Å². The Hall–Kier alpha value is -1.55. The number of aliphatic hydroxyl groups is 1. The monoisotopic (exact) mass is 277 g/mol. The predicted molar refractivity (Wildman–Crippen MR) is 77.8 cm³/mol. The van der Waals surface area contributed by atoms with Crippen LogP contribution >= 0.6 is 0 Å². The molecule has 1 aromatic rings. The predicted octanol–water partition coefficient (Wildman–Crippen LogP) is 2.08. The van der Waals surface area contributed by atoms with Crippen LogP contribution in [0.25, 0.3) is 0 Å². The van der Waals surface area contributed by atoms with E-state index in [2.05, 4.69) is 12.2 Å². The van der Waals surface area contributed by atoms with Gasteiger partial charge in [-0.2, -0.15) is 0 Å². The molecule has 0 fully saturated rings. The van der Waals surface area contributed by atoms with Gasteiger partial charge in [0.05, 0.1) is 0 Å². The molecule has 1 aromatic carbocycles. The van der Waals surface area contributed by atoms with Gasteiger partial charge in [0.25, 0.3) is 0 Å². The number of benzene rings is 1. The molecule has 4 heteroatoms. The van der Waals surface area contributed by atoms with Crippen molar-refractivity contribution in [2.75, 3.05) is 19.8 Å². The molecule has 0 radical (unpaired) electrons. The Labute approximate surface area is 120 Å². The van der Waals surface area contributed by atoms with E-state index >= 15 is 0 Å². The van der Waals surface area contributed by atoms with Gasteiger partial charge in [0.15, 0.2) is 0 Å². The summed E-state index contributed by atoms with van der Waals surface area (Å²) in [7, 11) is 0. The summed E-state index contributed by atoms with van der Waals surface area (Å²) in [5.74, 6) is 0.983. The summed E-state index contributed by atoms with van der Waals surface area (Å²) in [6, 6.07) is 7.69. The zero-order valence-corrected chi connectivity index (χ0v) is 12.0. The molecule has 1 amide bonds. The first-order valence-electron chi connectivity index (χ1n) is 7.36. The second-order valence-electron chi connectivity index (χ2n) is 5.31. The number of hydrogen-bond donors (Lipinski definition) is 2. The average Bonchev–Trinajstić information content (AvgIpc) is 2.89. The minimum atomic E-state index is -0.206. The minimum absolute atomic E-state index is 0.0222. The van der Waals surface area contributed by atoms with Crippen molar-refractivity contribution in [3.63, 3.8) is 0 Å². The van der Waals surface area contributed by atoms with Gasteiger partial charge in [-0.15, -0.1) is 0 Å². The molecular weight excluding hydrogens is 254 g/mol. The number of carbonyl (C=O) groups is 1. The lowest BCUT2D eigenvalue weighted by Gasteiger charge is -2.17. The molecule has 2 N–H and O–H groups in total. The maximum Gasteiger partial charge on any atom is 0.231 e. The molecule has 4 nitrogen and oxygen atoms in total. The number of ether oxygens (including phenoxy) is 1. The summed E-state index contributed by atoms with van der Waals surface area (Å²) in [4.78, 5) is 12.3. The molecule has 2 rings (SSSR count). The fourth-order valence-corrected chi connectivity index (χ4v) is 2.69. The van der Waals surface area contributed by atoms with Gasteiger partial charge in [0.2, 0.25) is 5.91 Å². The summed E-state index contributed by atoms with van der Waals surface area (Å²) < 4.78 is 5.53. The highest BCUT2D eigenvalue weighted by molar-refractivity contribution is 5.85. The van der Waals surface area contributed by atoms with Crippen LogP contribution in [0.2, 0.25) is 0 Å². The summed E-state index contributed by atoms with van der Waals surface area (Å²) in [6.45, 7) is 3.35. The van der Waals surface area contributed by atoms with Gasteiger partial charge < -0.3 is 15.2 Å². The highest BCUT2D eigenvalue weighted by Crippen LogP contribution is 2.33. The van der Waals surface area contributed by atoms with Gasteiger partial charge in [0.1, 0.15) is 18.3 Å². The maximum absolute atomic E-state index is 12.3. The van der Waals surface area contributed by atoms with Crippen molar-refractivity contribution in [1.82, 2.24) is 5.32 Å². The Bertz CT molecular complexity index is 441. The molecule has 0 aliphatic carbocycles. The van der Waals surface area contributed by atoms with Crippen LogP contribution in [0.1, 0.15) is 37.7 Å². The fourth-order valence-electron chi connectivity index (χ4n) is 2.69. The lowest BCUT2D eigenvalue weighted by Crippen LogP contribution is -2.34. The molecule has 0 spiro atoms. The van der Waals surface area contributed by atoms with Crippen LogP contribution in [0.3, 0.4) is 0 Å². The minimum Gasteiger partial charge on any atom is -0.492 e. The summed E-state index contributed by atoms with van der Waals surface area (Å²) in [6.07, 6.45) is 2.83. The highest BCUT2D eigenvalue weighted by atomic mass is 16.5. The number of para-hydroxylation sites is 1. The molecule has 0 aromatic heterocycles. The van der Waals surface area contributed by atoms with Gasteiger partial charge in [-0.3, -0.25) is 4.79 Å². The van der Waals surface area contributed by atoms with Crippen LogP contribution < -0.4 is 10.1 Å². The smallest absolute Gasteiger partial charge is 0.231 e. The van der Waals surface area contributed by atoms with Gasteiger partial charge in [-0.25, -0.2) is 0 Å². The third kappa shape index (κ3) is 3.51. The van der Waals surface area contributed by atoms with Crippen LogP contribution in [0.4, 0.5) is 0 Å². The third-order valence-electron chi connectivity index (χ3n) is 3.82. The van der Waals surface area contributed by atoms with E-state index in [-0.39, 0.29) is 18.4 Å². The molecule has 1 heterocycles. The molecule has 0 saturated carbocycles. The molecule has 0 bridgehead atoms. The molecule has 1 aliphatic heterocycles. The van der Waals surface area contributed by atoms with Crippen molar-refractivity contribution in [3.05, 3.63) is 29.8 Å². The van der Waals surface area contributed by atoms with Crippen LogP contribution in [0, 0.1) is 5.92 Å². The number of nitrogens with one attached hydrogen (secondary N) is 1. The molecule has 2 atom stereocenters. The molecule has 2 unspecified atom stereocenters. The van der Waals surface area contributed by atoms with E-state index in [4.69, 9.17) is 9.84 Å². The van der Waals surface area contributed by atoms with E-state index in [9.17, 15) is 4.79 Å². The molecule has 20 heavy (non-hydrogen) atoms. The highest BCUT2D eigenvalue weighted by Gasteiger charge is 2.29. The molecule has 110 valence electrons. The van der Waals surface area contributed by atoms with Gasteiger partial charge in [-0.05, 0) is 24.8 Å². The standard InChI is InChI=1S/C16H23NO3/c1-2-5-12(8-9-18)10-17-16(19)14-11-20-15-7-4-3-6-13(14)15/h3-4,6-7,12,14,18H,2,5,8-11H2,1H3,(H,17,19). The quantitative estimate of drug-likeness (QED) is 0.802. The van der Waals surface area contributed by atoms with Crippen molar-refractivity contribution in [2.45, 2.75) is 32.1 Å². The normalized spacial score (nSPS) is 18.2. The molecule has 1 aliphatic rings. The van der Waals surface area contributed by atoms with E-state index in [1.165, 1.54) is 0 Å². The Balaban J connectivity index is 1.89. The third-order valence-corrected chi connectivity index (χ3v) is 3.82. The lowest BCUT2D eigenvalue weighted by atomic mass is 9.98. The van der Waals surface area contributed by atoms with Crippen molar-refractivity contribution >= 4 is 5.91 Å². The van der Waals surface area contributed by atoms with Gasteiger partial charge >= 0.3 is 0 Å². The topological polar surface area (TPSA) is 58.6 Å². The van der Waals surface area contributed by atoms with Crippen molar-refractivity contribution in [2.24, 2.45) is 5.92 Å². The average molecular weight is 277 g/mol. The Morgan fingerprint density at radius 2 is 2.25 bits per heavy atom. The van der Waals surface area contributed by atoms with E-state index in [0.717, 1.165) is 30.6 Å².